The molecule has 3 heteroatoms. The predicted molar refractivity (Wildman–Crippen MR) is 60.8 cm³/mol. The molecule has 0 bridgehead atoms. The number of carbonyl (C=O) groups is 1. The van der Waals surface area contributed by atoms with Crippen molar-refractivity contribution in [2.45, 2.75) is 20.0 Å². The first-order valence-electron chi connectivity index (χ1n) is 5.48. The van der Waals surface area contributed by atoms with E-state index in [0.29, 0.717) is 25.4 Å². The monoisotopic (exact) mass is 220 g/mol. The fourth-order valence-electron chi connectivity index (χ4n) is 1.94. The van der Waals surface area contributed by atoms with E-state index in [-0.39, 0.29) is 5.78 Å². The Bertz CT molecular complexity index is 372. The van der Waals surface area contributed by atoms with Gasteiger partial charge in [0.15, 0.2) is 5.78 Å². The fourth-order valence-corrected chi connectivity index (χ4v) is 1.94. The molecule has 86 valence electrons. The van der Waals surface area contributed by atoms with Crippen molar-refractivity contribution in [3.05, 3.63) is 34.9 Å². The van der Waals surface area contributed by atoms with E-state index in [1.165, 1.54) is 0 Å². The number of benzene rings is 1. The van der Waals surface area contributed by atoms with Gasteiger partial charge in [-0.05, 0) is 26.0 Å². The van der Waals surface area contributed by atoms with Gasteiger partial charge in [-0.3, -0.25) is 4.79 Å². The lowest BCUT2D eigenvalue weighted by Gasteiger charge is -2.22. The maximum Gasteiger partial charge on any atom is 0.193 e. The van der Waals surface area contributed by atoms with Gasteiger partial charge in [0.25, 0.3) is 0 Å². The Hall–Kier alpha value is -1.19. The number of ether oxygens (including phenoxy) is 2. The summed E-state index contributed by atoms with van der Waals surface area (Å²) in [6.07, 6.45) is -0.435. The highest BCUT2D eigenvalue weighted by Crippen LogP contribution is 2.14. The topological polar surface area (TPSA) is 35.5 Å². The Morgan fingerprint density at radius 3 is 2.44 bits per heavy atom. The molecule has 2 rings (SSSR count). The summed E-state index contributed by atoms with van der Waals surface area (Å²) in [5.74, 6) is 0.0199. The number of aryl methyl sites for hydroxylation is 2. The Morgan fingerprint density at radius 1 is 1.19 bits per heavy atom. The van der Waals surface area contributed by atoms with Crippen LogP contribution in [0.25, 0.3) is 0 Å². The van der Waals surface area contributed by atoms with Crippen molar-refractivity contribution in [3.8, 4) is 0 Å². The van der Waals surface area contributed by atoms with Crippen molar-refractivity contribution < 1.29 is 14.3 Å². The Labute approximate surface area is 95.4 Å². The summed E-state index contributed by atoms with van der Waals surface area (Å²) in [5, 5.41) is 0. The number of hydrogen-bond acceptors (Lipinski definition) is 3. The number of rotatable bonds is 2. The fraction of sp³-hybridized carbons (Fsp3) is 0.462. The summed E-state index contributed by atoms with van der Waals surface area (Å²) >= 11 is 0. The van der Waals surface area contributed by atoms with E-state index < -0.39 is 6.10 Å². The van der Waals surface area contributed by atoms with Crippen molar-refractivity contribution in [3.63, 3.8) is 0 Å². The molecule has 0 radical (unpaired) electrons. The maximum absolute atomic E-state index is 12.1. The summed E-state index contributed by atoms with van der Waals surface area (Å²) in [6, 6.07) is 5.84. The molecule has 0 amide bonds. The molecule has 1 fully saturated rings. The zero-order valence-corrected chi connectivity index (χ0v) is 9.66. The van der Waals surface area contributed by atoms with Crippen LogP contribution >= 0.6 is 0 Å². The number of ketones is 1. The highest BCUT2D eigenvalue weighted by atomic mass is 16.6. The molecule has 1 aliphatic heterocycles. The van der Waals surface area contributed by atoms with Crippen LogP contribution in [0.2, 0.25) is 0 Å². The van der Waals surface area contributed by atoms with Crippen LogP contribution in [0.3, 0.4) is 0 Å². The summed E-state index contributed by atoms with van der Waals surface area (Å²) in [6.45, 7) is 5.42. The molecule has 1 heterocycles. The van der Waals surface area contributed by atoms with E-state index in [9.17, 15) is 4.79 Å². The van der Waals surface area contributed by atoms with Gasteiger partial charge in [0, 0.05) is 5.56 Å². The van der Waals surface area contributed by atoms with Crippen molar-refractivity contribution >= 4 is 5.78 Å². The average molecular weight is 220 g/mol. The second-order valence-corrected chi connectivity index (χ2v) is 4.17. The SMILES string of the molecule is Cc1cc(C)cc(C(=O)C2COCCO2)c1. The standard InChI is InChI=1S/C13H16O3/c1-9-5-10(2)7-11(6-9)13(14)12-8-15-3-4-16-12/h5-7,12H,3-4,8H2,1-2H3. The molecule has 0 N–H and O–H groups in total. The lowest BCUT2D eigenvalue weighted by atomic mass is 10.0. The summed E-state index contributed by atoms with van der Waals surface area (Å²) in [5.41, 5.74) is 2.91. The van der Waals surface area contributed by atoms with Crippen LogP contribution in [0.15, 0.2) is 18.2 Å². The number of carbonyl (C=O) groups excluding carboxylic acids is 1. The largest absolute Gasteiger partial charge is 0.376 e. The molecule has 1 aliphatic rings. The highest BCUT2D eigenvalue weighted by Gasteiger charge is 2.23. The third-order valence-electron chi connectivity index (χ3n) is 2.61. The average Bonchev–Trinajstić information content (AvgIpc) is 2.28. The lowest BCUT2D eigenvalue weighted by Crippen LogP contribution is -2.35. The Morgan fingerprint density at radius 2 is 1.88 bits per heavy atom. The smallest absolute Gasteiger partial charge is 0.193 e. The molecule has 0 spiro atoms. The first-order chi connectivity index (χ1) is 7.66. The van der Waals surface area contributed by atoms with Crippen LogP contribution in [0.5, 0.6) is 0 Å². The van der Waals surface area contributed by atoms with Gasteiger partial charge >= 0.3 is 0 Å². The van der Waals surface area contributed by atoms with E-state index in [4.69, 9.17) is 9.47 Å². The predicted octanol–water partition coefficient (Wildman–Crippen LogP) is 1.90. The maximum atomic E-state index is 12.1. The van der Waals surface area contributed by atoms with Gasteiger partial charge in [-0.15, -0.1) is 0 Å². The second-order valence-electron chi connectivity index (χ2n) is 4.17. The summed E-state index contributed by atoms with van der Waals surface area (Å²) in [7, 11) is 0. The van der Waals surface area contributed by atoms with Gasteiger partial charge in [-0.2, -0.15) is 0 Å². The van der Waals surface area contributed by atoms with Crippen LogP contribution in [-0.2, 0) is 9.47 Å². The molecule has 0 aromatic heterocycles. The molecule has 1 unspecified atom stereocenters. The lowest BCUT2D eigenvalue weighted by molar-refractivity contribution is -0.0719. The van der Waals surface area contributed by atoms with E-state index in [1.807, 2.05) is 26.0 Å². The van der Waals surface area contributed by atoms with E-state index in [1.54, 1.807) is 0 Å². The van der Waals surface area contributed by atoms with E-state index >= 15 is 0 Å². The molecule has 1 aromatic rings. The van der Waals surface area contributed by atoms with Crippen molar-refractivity contribution in [2.75, 3.05) is 19.8 Å². The van der Waals surface area contributed by atoms with Crippen LogP contribution in [-0.4, -0.2) is 31.7 Å². The van der Waals surface area contributed by atoms with Gasteiger partial charge in [0.1, 0.15) is 6.10 Å². The quantitative estimate of drug-likeness (QED) is 0.714. The van der Waals surface area contributed by atoms with Gasteiger partial charge in [0.05, 0.1) is 19.8 Å². The van der Waals surface area contributed by atoms with Gasteiger partial charge < -0.3 is 9.47 Å². The van der Waals surface area contributed by atoms with Crippen LogP contribution in [0.1, 0.15) is 21.5 Å². The molecular weight excluding hydrogens is 204 g/mol. The summed E-state index contributed by atoms with van der Waals surface area (Å²) < 4.78 is 10.6. The minimum Gasteiger partial charge on any atom is -0.376 e. The van der Waals surface area contributed by atoms with Crippen LogP contribution in [0.4, 0.5) is 0 Å². The van der Waals surface area contributed by atoms with Gasteiger partial charge in [-0.25, -0.2) is 0 Å². The minimum atomic E-state index is -0.435. The van der Waals surface area contributed by atoms with Crippen molar-refractivity contribution in [1.29, 1.82) is 0 Å². The Balaban J connectivity index is 2.19. The number of Topliss-reactive ketones (excluding diaryl/α,β-unsaturated/α-hetero) is 1. The van der Waals surface area contributed by atoms with Crippen molar-refractivity contribution in [1.82, 2.24) is 0 Å². The third kappa shape index (κ3) is 2.49. The number of hydrogen-bond donors (Lipinski definition) is 0. The van der Waals surface area contributed by atoms with Crippen molar-refractivity contribution in [2.24, 2.45) is 0 Å². The summed E-state index contributed by atoms with van der Waals surface area (Å²) in [4.78, 5) is 12.1. The van der Waals surface area contributed by atoms with Gasteiger partial charge in [0.2, 0.25) is 0 Å². The third-order valence-corrected chi connectivity index (χ3v) is 2.61. The van der Waals surface area contributed by atoms with E-state index in [2.05, 4.69) is 6.07 Å². The van der Waals surface area contributed by atoms with Crippen LogP contribution < -0.4 is 0 Å². The zero-order chi connectivity index (χ0) is 11.5. The molecule has 3 nitrogen and oxygen atoms in total. The Kier molecular flexibility index (Phi) is 3.36. The molecule has 1 saturated heterocycles. The molecule has 1 atom stereocenters. The normalized spacial score (nSPS) is 20.8. The second kappa shape index (κ2) is 4.76. The molecule has 1 aromatic carbocycles. The zero-order valence-electron chi connectivity index (χ0n) is 9.66. The molecular formula is C13H16O3. The first-order valence-corrected chi connectivity index (χ1v) is 5.48. The minimum absolute atomic E-state index is 0.0199. The molecule has 0 aliphatic carbocycles. The highest BCUT2D eigenvalue weighted by molar-refractivity contribution is 6.00. The van der Waals surface area contributed by atoms with E-state index in [0.717, 1.165) is 11.1 Å². The molecule has 16 heavy (non-hydrogen) atoms. The van der Waals surface area contributed by atoms with Crippen LogP contribution in [0, 0.1) is 13.8 Å². The first kappa shape index (κ1) is 11.3. The van der Waals surface area contributed by atoms with Gasteiger partial charge in [-0.1, -0.05) is 17.2 Å². The molecule has 0 saturated carbocycles.